The zero-order valence-electron chi connectivity index (χ0n) is 13.2. The molecule has 0 aromatic heterocycles. The first-order chi connectivity index (χ1) is 10.7. The highest BCUT2D eigenvalue weighted by Crippen LogP contribution is 2.46. The third-order valence-electron chi connectivity index (χ3n) is 4.80. The first-order valence-electron chi connectivity index (χ1n) is 7.78. The van der Waals surface area contributed by atoms with Crippen molar-refractivity contribution in [2.45, 2.75) is 20.0 Å². The molecule has 1 aliphatic heterocycles. The third-order valence-corrected chi connectivity index (χ3v) is 4.80. The topological polar surface area (TPSA) is 6.48 Å². The fourth-order valence-corrected chi connectivity index (χ4v) is 3.53. The summed E-state index contributed by atoms with van der Waals surface area (Å²) < 4.78 is 0. The summed E-state index contributed by atoms with van der Waals surface area (Å²) in [6.45, 7) is 4.47. The highest BCUT2D eigenvalue weighted by atomic mass is 15.4. The zero-order chi connectivity index (χ0) is 15.3. The van der Waals surface area contributed by atoms with Crippen molar-refractivity contribution in [2.24, 2.45) is 0 Å². The summed E-state index contributed by atoms with van der Waals surface area (Å²) in [5.74, 6) is 0. The van der Waals surface area contributed by atoms with Crippen molar-refractivity contribution in [3.05, 3.63) is 66.2 Å². The maximum Gasteiger partial charge on any atom is 0.103 e. The van der Waals surface area contributed by atoms with Gasteiger partial charge in [0.05, 0.1) is 17.1 Å². The standard InChI is InChI=1S/C20H20N2/c1-14-12-13-16-8-4-5-9-17(16)20(14)22-15(2)21(3)18-10-6-7-11-19(18)22/h4-13,15H,1-3H3/t15-/m0/s1. The van der Waals surface area contributed by atoms with E-state index in [1.807, 2.05) is 0 Å². The van der Waals surface area contributed by atoms with Crippen molar-refractivity contribution in [3.8, 4) is 0 Å². The monoisotopic (exact) mass is 288 g/mol. The molecule has 1 heterocycles. The van der Waals surface area contributed by atoms with E-state index in [0.717, 1.165) is 0 Å². The zero-order valence-corrected chi connectivity index (χ0v) is 13.2. The maximum atomic E-state index is 2.47. The van der Waals surface area contributed by atoms with Gasteiger partial charge < -0.3 is 9.80 Å². The van der Waals surface area contributed by atoms with Gasteiger partial charge in [-0.15, -0.1) is 0 Å². The minimum Gasteiger partial charge on any atom is -0.353 e. The van der Waals surface area contributed by atoms with E-state index in [1.165, 1.54) is 33.4 Å². The van der Waals surface area contributed by atoms with E-state index in [0.29, 0.717) is 6.17 Å². The molecule has 2 heteroatoms. The van der Waals surface area contributed by atoms with Crippen molar-refractivity contribution in [1.82, 2.24) is 0 Å². The molecule has 110 valence electrons. The van der Waals surface area contributed by atoms with Crippen LogP contribution in [0.1, 0.15) is 12.5 Å². The number of aryl methyl sites for hydroxylation is 1. The van der Waals surface area contributed by atoms with Gasteiger partial charge >= 0.3 is 0 Å². The van der Waals surface area contributed by atoms with Crippen molar-refractivity contribution < 1.29 is 0 Å². The number of fused-ring (bicyclic) bond motifs is 2. The third kappa shape index (κ3) is 1.73. The lowest BCUT2D eigenvalue weighted by molar-refractivity contribution is 0.734. The fraction of sp³-hybridized carbons (Fsp3) is 0.200. The molecule has 1 atom stereocenters. The molecular weight excluding hydrogens is 268 g/mol. The number of benzene rings is 3. The predicted octanol–water partition coefficient (Wildman–Crippen LogP) is 5.08. The molecule has 0 saturated carbocycles. The van der Waals surface area contributed by atoms with Gasteiger partial charge in [-0.25, -0.2) is 0 Å². The average Bonchev–Trinajstić information content (AvgIpc) is 2.80. The number of rotatable bonds is 1. The van der Waals surface area contributed by atoms with Crippen molar-refractivity contribution in [3.63, 3.8) is 0 Å². The summed E-state index contributed by atoms with van der Waals surface area (Å²) in [4.78, 5) is 4.81. The van der Waals surface area contributed by atoms with Gasteiger partial charge in [0.2, 0.25) is 0 Å². The van der Waals surface area contributed by atoms with Gasteiger partial charge in [0.15, 0.2) is 0 Å². The second kappa shape index (κ2) is 4.77. The Kier molecular flexibility index (Phi) is 2.86. The summed E-state index contributed by atoms with van der Waals surface area (Å²) in [6, 6.07) is 21.7. The lowest BCUT2D eigenvalue weighted by Crippen LogP contribution is -2.36. The van der Waals surface area contributed by atoms with Gasteiger partial charge in [0.25, 0.3) is 0 Å². The van der Waals surface area contributed by atoms with Gasteiger partial charge in [-0.1, -0.05) is 48.5 Å². The summed E-state index contributed by atoms with van der Waals surface area (Å²) >= 11 is 0. The lowest BCUT2D eigenvalue weighted by Gasteiger charge is -2.30. The van der Waals surface area contributed by atoms with Crippen molar-refractivity contribution in [1.29, 1.82) is 0 Å². The molecule has 0 bridgehead atoms. The smallest absolute Gasteiger partial charge is 0.103 e. The van der Waals surface area contributed by atoms with Crippen molar-refractivity contribution in [2.75, 3.05) is 16.8 Å². The molecule has 0 aliphatic carbocycles. The number of para-hydroxylation sites is 2. The molecule has 0 radical (unpaired) electrons. The average molecular weight is 288 g/mol. The molecule has 0 spiro atoms. The molecule has 22 heavy (non-hydrogen) atoms. The maximum absolute atomic E-state index is 2.47. The van der Waals surface area contributed by atoms with Crippen LogP contribution in [0.4, 0.5) is 17.1 Å². The van der Waals surface area contributed by atoms with E-state index in [1.54, 1.807) is 0 Å². The molecular formula is C20H20N2. The molecule has 0 unspecified atom stereocenters. The summed E-state index contributed by atoms with van der Waals surface area (Å²) in [5.41, 5.74) is 5.22. The normalized spacial score (nSPS) is 17.1. The van der Waals surface area contributed by atoms with Gasteiger partial charge in [-0.2, -0.15) is 0 Å². The second-order valence-electron chi connectivity index (χ2n) is 6.05. The SMILES string of the molecule is Cc1ccc2ccccc2c1N1c2ccccc2N(C)[C@@H]1C. The predicted molar refractivity (Wildman–Crippen MR) is 95.1 cm³/mol. The van der Waals surface area contributed by atoms with E-state index >= 15 is 0 Å². The Morgan fingerprint density at radius 2 is 1.50 bits per heavy atom. The Morgan fingerprint density at radius 3 is 2.32 bits per heavy atom. The minimum absolute atomic E-state index is 0.307. The molecule has 1 aliphatic rings. The quantitative estimate of drug-likeness (QED) is 0.616. The summed E-state index contributed by atoms with van der Waals surface area (Å²) in [7, 11) is 2.17. The largest absolute Gasteiger partial charge is 0.353 e. The highest BCUT2D eigenvalue weighted by molar-refractivity contribution is 6.00. The number of hydrogen-bond donors (Lipinski definition) is 0. The first kappa shape index (κ1) is 13.2. The summed E-state index contributed by atoms with van der Waals surface area (Å²) in [5, 5.41) is 2.61. The van der Waals surface area contributed by atoms with E-state index < -0.39 is 0 Å². The van der Waals surface area contributed by atoms with Gasteiger partial charge in [-0.3, -0.25) is 0 Å². The Hall–Kier alpha value is -2.48. The molecule has 0 fully saturated rings. The van der Waals surface area contributed by atoms with Crippen LogP contribution in [0, 0.1) is 6.92 Å². The first-order valence-corrected chi connectivity index (χ1v) is 7.78. The number of nitrogens with zero attached hydrogens (tertiary/aromatic N) is 2. The van der Waals surface area contributed by atoms with E-state index in [-0.39, 0.29) is 0 Å². The van der Waals surface area contributed by atoms with Crippen LogP contribution >= 0.6 is 0 Å². The van der Waals surface area contributed by atoms with Crippen LogP contribution in [-0.2, 0) is 0 Å². The highest BCUT2D eigenvalue weighted by Gasteiger charge is 2.32. The fourth-order valence-electron chi connectivity index (χ4n) is 3.53. The van der Waals surface area contributed by atoms with Crippen LogP contribution in [-0.4, -0.2) is 13.2 Å². The Labute approximate surface area is 131 Å². The molecule has 3 aromatic carbocycles. The van der Waals surface area contributed by atoms with Crippen LogP contribution < -0.4 is 9.80 Å². The molecule has 3 aromatic rings. The van der Waals surface area contributed by atoms with Crippen LogP contribution in [0.25, 0.3) is 10.8 Å². The van der Waals surface area contributed by atoms with E-state index in [4.69, 9.17) is 0 Å². The minimum atomic E-state index is 0.307. The van der Waals surface area contributed by atoms with Crippen LogP contribution in [0.2, 0.25) is 0 Å². The van der Waals surface area contributed by atoms with E-state index in [9.17, 15) is 0 Å². The Balaban J connectivity index is 2.02. The second-order valence-corrected chi connectivity index (χ2v) is 6.05. The summed E-state index contributed by atoms with van der Waals surface area (Å²) in [6.07, 6.45) is 0.307. The van der Waals surface area contributed by atoms with Gasteiger partial charge in [0, 0.05) is 12.4 Å². The molecule has 0 saturated heterocycles. The number of anilines is 3. The van der Waals surface area contributed by atoms with E-state index in [2.05, 4.69) is 91.4 Å². The van der Waals surface area contributed by atoms with Gasteiger partial charge in [-0.05, 0) is 36.9 Å². The molecule has 2 nitrogen and oxygen atoms in total. The Bertz CT molecular complexity index is 853. The van der Waals surface area contributed by atoms with Crippen LogP contribution in [0.5, 0.6) is 0 Å². The van der Waals surface area contributed by atoms with Crippen LogP contribution in [0.3, 0.4) is 0 Å². The number of hydrogen-bond acceptors (Lipinski definition) is 2. The molecule has 4 rings (SSSR count). The molecule has 0 amide bonds. The molecule has 0 N–H and O–H groups in total. The lowest BCUT2D eigenvalue weighted by atomic mass is 10.0. The van der Waals surface area contributed by atoms with Crippen molar-refractivity contribution >= 4 is 27.8 Å². The Morgan fingerprint density at radius 1 is 0.818 bits per heavy atom. The van der Waals surface area contributed by atoms with Gasteiger partial charge in [0.1, 0.15) is 6.17 Å². The van der Waals surface area contributed by atoms with Crippen LogP contribution in [0.15, 0.2) is 60.7 Å².